The van der Waals surface area contributed by atoms with Crippen molar-refractivity contribution >= 4 is 46.4 Å². The summed E-state index contributed by atoms with van der Waals surface area (Å²) in [6.45, 7) is 15.5. The molecule has 1 unspecified atom stereocenters. The molecule has 2 heterocycles. The number of hydrogen-bond acceptors (Lipinski definition) is 9. The summed E-state index contributed by atoms with van der Waals surface area (Å²) in [4.78, 5) is 32.6. The fourth-order valence-corrected chi connectivity index (χ4v) is 5.20. The number of likely N-dealkylation sites (N-methyl/N-ethyl adjacent to an activating group) is 1. The number of aliphatic imine (C=N–C) groups is 1. The highest BCUT2D eigenvalue weighted by atomic mass is 35.5. The van der Waals surface area contributed by atoms with Gasteiger partial charge in [0.25, 0.3) is 0 Å². The zero-order valence-electron chi connectivity index (χ0n) is 25.4. The predicted molar refractivity (Wildman–Crippen MR) is 166 cm³/mol. The molecule has 0 aliphatic carbocycles. The highest BCUT2D eigenvalue weighted by Crippen LogP contribution is 2.40. The molecule has 1 aromatic heterocycles. The van der Waals surface area contributed by atoms with E-state index in [0.717, 1.165) is 32.7 Å². The van der Waals surface area contributed by atoms with Crippen molar-refractivity contribution in [2.75, 3.05) is 64.2 Å². The molecular formula is C29H43ClN8O3. The normalized spacial score (nSPS) is 15.5. The van der Waals surface area contributed by atoms with Crippen LogP contribution < -0.4 is 19.7 Å². The van der Waals surface area contributed by atoms with Gasteiger partial charge in [0.1, 0.15) is 28.7 Å². The molecule has 41 heavy (non-hydrogen) atoms. The van der Waals surface area contributed by atoms with E-state index in [1.165, 1.54) is 25.4 Å². The molecule has 0 radical (unpaired) electrons. The van der Waals surface area contributed by atoms with Gasteiger partial charge in [-0.05, 0) is 26.3 Å². The van der Waals surface area contributed by atoms with Gasteiger partial charge in [0, 0.05) is 63.4 Å². The first kappa shape index (κ1) is 32.2. The summed E-state index contributed by atoms with van der Waals surface area (Å²) in [5, 5.41) is 11.9. The number of piperazine rings is 1. The number of urea groups is 1. The average molecular weight is 587 g/mol. The second-order valence-corrected chi connectivity index (χ2v) is 10.9. The van der Waals surface area contributed by atoms with Gasteiger partial charge in [0.15, 0.2) is 5.82 Å². The molecule has 1 fully saturated rings. The third kappa shape index (κ3) is 7.93. The number of nitrogens with one attached hydrogen (secondary N) is 2. The van der Waals surface area contributed by atoms with Crippen LogP contribution in [0.5, 0.6) is 11.5 Å². The van der Waals surface area contributed by atoms with Crippen LogP contribution in [0.25, 0.3) is 0 Å². The maximum atomic E-state index is 13.2. The van der Waals surface area contributed by atoms with Crippen LogP contribution in [-0.2, 0) is 0 Å². The number of ether oxygens (including phenoxy) is 2. The van der Waals surface area contributed by atoms with Crippen molar-refractivity contribution in [1.29, 1.82) is 5.41 Å². The molecule has 2 aromatic rings. The second-order valence-electron chi connectivity index (χ2n) is 10.5. The van der Waals surface area contributed by atoms with Crippen LogP contribution >= 0.6 is 11.6 Å². The van der Waals surface area contributed by atoms with Gasteiger partial charge >= 0.3 is 6.03 Å². The molecule has 1 aliphatic rings. The molecule has 0 saturated carbocycles. The molecule has 1 aromatic carbocycles. The largest absolute Gasteiger partial charge is 0.496 e. The predicted octanol–water partition coefficient (Wildman–Crippen LogP) is 5.29. The minimum absolute atomic E-state index is 0.265. The van der Waals surface area contributed by atoms with Crippen LogP contribution in [-0.4, -0.2) is 97.3 Å². The summed E-state index contributed by atoms with van der Waals surface area (Å²) in [5.74, 6) is 2.03. The molecule has 0 spiro atoms. The highest BCUT2D eigenvalue weighted by Gasteiger charge is 2.27. The van der Waals surface area contributed by atoms with Crippen molar-refractivity contribution in [2.45, 2.75) is 47.1 Å². The smallest absolute Gasteiger partial charge is 0.327 e. The number of carbonyl (C=O) groups is 1. The van der Waals surface area contributed by atoms with E-state index < -0.39 is 6.03 Å². The fourth-order valence-electron chi connectivity index (χ4n) is 4.88. The lowest BCUT2D eigenvalue weighted by atomic mass is 9.94. The Hall–Kier alpha value is -3.28. The Morgan fingerprint density at radius 3 is 2.41 bits per heavy atom. The fraction of sp³-hybridized carbons (Fsp3) is 0.552. The van der Waals surface area contributed by atoms with Crippen LogP contribution in [0, 0.1) is 18.3 Å². The van der Waals surface area contributed by atoms with Gasteiger partial charge in [0.2, 0.25) is 0 Å². The molecule has 0 bridgehead atoms. The number of hydrogen-bond donors (Lipinski definition) is 2. The number of amides is 2. The number of benzene rings is 1. The monoisotopic (exact) mass is 586 g/mol. The molecule has 3 rings (SSSR count). The minimum Gasteiger partial charge on any atom is -0.496 e. The maximum Gasteiger partial charge on any atom is 0.327 e. The number of methoxy groups -OCH3 is 2. The van der Waals surface area contributed by atoms with E-state index in [1.807, 2.05) is 6.92 Å². The molecule has 12 heteroatoms. The molecule has 11 nitrogen and oxygen atoms in total. The van der Waals surface area contributed by atoms with Crippen LogP contribution in [0.2, 0.25) is 5.02 Å². The lowest BCUT2D eigenvalue weighted by molar-refractivity contribution is 0.0821. The summed E-state index contributed by atoms with van der Waals surface area (Å²) in [5.41, 5.74) is 2.11. The molecule has 1 aliphatic heterocycles. The van der Waals surface area contributed by atoms with Gasteiger partial charge in [-0.1, -0.05) is 32.4 Å². The third-order valence-corrected chi connectivity index (χ3v) is 8.00. The van der Waals surface area contributed by atoms with E-state index in [-0.39, 0.29) is 11.1 Å². The Morgan fingerprint density at radius 1 is 1.17 bits per heavy atom. The number of anilines is 2. The summed E-state index contributed by atoms with van der Waals surface area (Å²) in [7, 11) is 4.62. The van der Waals surface area contributed by atoms with Crippen molar-refractivity contribution in [3.8, 4) is 11.5 Å². The van der Waals surface area contributed by atoms with E-state index in [1.54, 1.807) is 26.1 Å². The SMILES string of the molecule is CCN1CCN(C(CC(=N)C(C)=Nc2cc(N(C)C(=O)Nc3c(C)c(OC)cc(OC)c3Cl)ncn2)C(C)C)CC1. The first-order chi connectivity index (χ1) is 19.5. The van der Waals surface area contributed by atoms with Crippen LogP contribution in [0.15, 0.2) is 23.5 Å². The van der Waals surface area contributed by atoms with E-state index in [9.17, 15) is 4.79 Å². The Kier molecular flexibility index (Phi) is 11.5. The van der Waals surface area contributed by atoms with E-state index in [2.05, 4.69) is 50.8 Å². The summed E-state index contributed by atoms with van der Waals surface area (Å²) < 4.78 is 10.7. The molecular weight excluding hydrogens is 544 g/mol. The number of aromatic nitrogens is 2. The topological polar surface area (TPSA) is 119 Å². The van der Waals surface area contributed by atoms with Gasteiger partial charge in [0.05, 0.1) is 31.3 Å². The van der Waals surface area contributed by atoms with E-state index >= 15 is 0 Å². The molecule has 2 amide bonds. The van der Waals surface area contributed by atoms with Gasteiger partial charge < -0.3 is 25.1 Å². The quantitative estimate of drug-likeness (QED) is 0.343. The zero-order chi connectivity index (χ0) is 30.3. The number of nitrogens with zero attached hydrogens (tertiary/aromatic N) is 6. The Labute approximate surface area is 248 Å². The van der Waals surface area contributed by atoms with Crippen molar-refractivity contribution in [2.24, 2.45) is 10.9 Å². The van der Waals surface area contributed by atoms with Gasteiger partial charge in [-0.3, -0.25) is 9.80 Å². The van der Waals surface area contributed by atoms with Gasteiger partial charge in [-0.2, -0.15) is 0 Å². The Bertz CT molecular complexity index is 1230. The summed E-state index contributed by atoms with van der Waals surface area (Å²) in [6.07, 6.45) is 1.97. The first-order valence-corrected chi connectivity index (χ1v) is 14.3. The van der Waals surface area contributed by atoms with Gasteiger partial charge in [-0.25, -0.2) is 19.8 Å². The summed E-state index contributed by atoms with van der Waals surface area (Å²) in [6, 6.07) is 3.08. The van der Waals surface area contributed by atoms with Crippen LogP contribution in [0.3, 0.4) is 0 Å². The maximum absolute atomic E-state index is 13.2. The van der Waals surface area contributed by atoms with Crippen molar-refractivity contribution in [3.05, 3.63) is 29.0 Å². The number of halogens is 1. The molecule has 1 atom stereocenters. The van der Waals surface area contributed by atoms with Gasteiger partial charge in [-0.15, -0.1) is 0 Å². The standard InChI is InChI=1S/C29H43ClN8O3/c1-9-37-10-12-38(13-11-37)22(18(2)3)14-21(31)20(5)34-25-16-26(33-17-32-25)36(6)29(39)35-28-19(4)23(40-7)15-24(41-8)27(28)30/h15-18,22,31H,9-14H2,1-8H3,(H,35,39). The van der Waals surface area contributed by atoms with Crippen molar-refractivity contribution in [1.82, 2.24) is 19.8 Å². The van der Waals surface area contributed by atoms with E-state index in [0.29, 0.717) is 58.1 Å². The Morgan fingerprint density at radius 2 is 1.83 bits per heavy atom. The minimum atomic E-state index is -0.466. The van der Waals surface area contributed by atoms with Crippen molar-refractivity contribution < 1.29 is 14.3 Å². The van der Waals surface area contributed by atoms with Crippen LogP contribution in [0.1, 0.15) is 39.7 Å². The zero-order valence-corrected chi connectivity index (χ0v) is 26.2. The third-order valence-electron chi connectivity index (χ3n) is 7.63. The first-order valence-electron chi connectivity index (χ1n) is 13.9. The van der Waals surface area contributed by atoms with Crippen molar-refractivity contribution in [3.63, 3.8) is 0 Å². The van der Waals surface area contributed by atoms with Crippen LogP contribution in [0.4, 0.5) is 22.1 Å². The molecule has 1 saturated heterocycles. The second kappa shape index (κ2) is 14.6. The summed E-state index contributed by atoms with van der Waals surface area (Å²) >= 11 is 6.49. The lowest BCUT2D eigenvalue weighted by Gasteiger charge is -2.40. The Balaban J connectivity index is 1.73. The average Bonchev–Trinajstić information content (AvgIpc) is 2.97. The number of rotatable bonds is 11. The molecule has 224 valence electrons. The number of carbonyl (C=O) groups excluding carboxylic acids is 1. The highest BCUT2D eigenvalue weighted by molar-refractivity contribution is 6.40. The molecule has 2 N–H and O–H groups in total. The lowest BCUT2D eigenvalue weighted by Crippen LogP contribution is -2.52. The van der Waals surface area contributed by atoms with E-state index in [4.69, 9.17) is 26.5 Å².